The second-order valence-electron chi connectivity index (χ2n) is 6.14. The molecule has 0 atom stereocenters. The first-order valence-corrected chi connectivity index (χ1v) is 10.5. The van der Waals surface area contributed by atoms with Crippen molar-refractivity contribution >= 4 is 43.4 Å². The molecule has 0 spiro atoms. The van der Waals surface area contributed by atoms with E-state index in [-0.39, 0.29) is 23.1 Å². The zero-order valence-electron chi connectivity index (χ0n) is 15.1. The van der Waals surface area contributed by atoms with Gasteiger partial charge in [0.1, 0.15) is 10.0 Å². The summed E-state index contributed by atoms with van der Waals surface area (Å²) in [5.74, 6) is -0.236. The molecule has 0 saturated carbocycles. The smallest absolute Gasteiger partial charge is 0.228 e. The molecule has 0 radical (unpaired) electrons. The Morgan fingerprint density at radius 2 is 1.75 bits per heavy atom. The fourth-order valence-electron chi connectivity index (χ4n) is 2.35. The molecule has 0 saturated heterocycles. The Hall–Kier alpha value is -2.65. The molecule has 0 aliphatic rings. The summed E-state index contributed by atoms with van der Waals surface area (Å²) in [6.07, 6.45) is 0.215. The van der Waals surface area contributed by atoms with E-state index in [2.05, 4.69) is 31.1 Å². The number of halogens is 1. The number of carbonyl (C=O) groups is 1. The maximum Gasteiger partial charge on any atom is 0.228 e. The van der Waals surface area contributed by atoms with Crippen LogP contribution in [0.15, 0.2) is 62.4 Å². The number of rotatable bonds is 6. The van der Waals surface area contributed by atoms with Crippen molar-refractivity contribution in [2.45, 2.75) is 25.2 Å². The third-order valence-corrected chi connectivity index (χ3v) is 5.85. The van der Waals surface area contributed by atoms with E-state index in [4.69, 9.17) is 4.52 Å². The Balaban J connectivity index is 1.66. The number of amides is 1. The van der Waals surface area contributed by atoms with E-state index in [0.29, 0.717) is 16.9 Å². The molecule has 0 fully saturated rings. The highest BCUT2D eigenvalue weighted by Gasteiger charge is 2.10. The highest BCUT2D eigenvalue weighted by Crippen LogP contribution is 2.32. The molecule has 1 N–H and O–H groups in total. The monoisotopic (exact) mass is 462 g/mol. The normalized spacial score (nSPS) is 11.2. The van der Waals surface area contributed by atoms with Crippen molar-refractivity contribution in [1.82, 2.24) is 5.16 Å². The van der Waals surface area contributed by atoms with Crippen LogP contribution < -0.4 is 5.32 Å². The Labute approximate surface area is 171 Å². The SMILES string of the molecule is Cc1noc([N-]S(=O)(=O)c2ccc(NC(=O)Cc3ccc(Br)cc3)cc2)c1C. The predicted molar refractivity (Wildman–Crippen MR) is 109 cm³/mol. The number of nitrogens with one attached hydrogen (secondary N) is 1. The van der Waals surface area contributed by atoms with E-state index in [9.17, 15) is 13.2 Å². The molecule has 0 bridgehead atoms. The predicted octanol–water partition coefficient (Wildman–Crippen LogP) is 4.63. The van der Waals surface area contributed by atoms with Gasteiger partial charge in [-0.2, -0.15) is 0 Å². The van der Waals surface area contributed by atoms with Gasteiger partial charge < -0.3 is 14.6 Å². The van der Waals surface area contributed by atoms with Crippen LogP contribution in [0.1, 0.15) is 16.8 Å². The largest absolute Gasteiger partial charge is 0.539 e. The van der Waals surface area contributed by atoms with Crippen molar-refractivity contribution in [3.8, 4) is 0 Å². The second-order valence-corrected chi connectivity index (χ2v) is 8.66. The van der Waals surface area contributed by atoms with Crippen LogP contribution in [-0.2, 0) is 21.2 Å². The van der Waals surface area contributed by atoms with Crippen molar-refractivity contribution in [2.75, 3.05) is 5.32 Å². The van der Waals surface area contributed by atoms with Gasteiger partial charge in [0, 0.05) is 10.2 Å². The highest BCUT2D eigenvalue weighted by molar-refractivity contribution is 9.10. The molecule has 28 heavy (non-hydrogen) atoms. The first kappa shape index (κ1) is 20.1. The van der Waals surface area contributed by atoms with Gasteiger partial charge in [0.2, 0.25) is 5.91 Å². The van der Waals surface area contributed by atoms with Gasteiger partial charge in [-0.3, -0.25) is 4.79 Å². The zero-order valence-corrected chi connectivity index (χ0v) is 17.5. The first-order chi connectivity index (χ1) is 13.2. The fraction of sp³-hybridized carbons (Fsp3) is 0.158. The van der Waals surface area contributed by atoms with Gasteiger partial charge in [0.25, 0.3) is 0 Å². The third-order valence-electron chi connectivity index (χ3n) is 4.05. The standard InChI is InChI=1S/C19H18BrN3O4S/c1-12-13(2)22-27-19(12)23-28(25,26)17-9-7-16(8-10-17)21-18(24)11-14-3-5-15(20)6-4-14/h3-10H,11H2,1-2H3,(H2,21,22,23,24)/p-1. The Morgan fingerprint density at radius 1 is 1.11 bits per heavy atom. The van der Waals surface area contributed by atoms with Gasteiger partial charge in [0.15, 0.2) is 0 Å². The highest BCUT2D eigenvalue weighted by atomic mass is 79.9. The summed E-state index contributed by atoms with van der Waals surface area (Å²) in [6.45, 7) is 3.39. The first-order valence-electron chi connectivity index (χ1n) is 8.30. The van der Waals surface area contributed by atoms with Crippen LogP contribution in [0.2, 0.25) is 0 Å². The van der Waals surface area contributed by atoms with Gasteiger partial charge in [-0.05, 0) is 61.4 Å². The van der Waals surface area contributed by atoms with Gasteiger partial charge in [-0.15, -0.1) is 0 Å². The summed E-state index contributed by atoms with van der Waals surface area (Å²) >= 11 is 3.35. The lowest BCUT2D eigenvalue weighted by molar-refractivity contribution is -0.115. The van der Waals surface area contributed by atoms with Crippen molar-refractivity contribution in [1.29, 1.82) is 0 Å². The van der Waals surface area contributed by atoms with Crippen molar-refractivity contribution in [2.24, 2.45) is 0 Å². The van der Waals surface area contributed by atoms with E-state index >= 15 is 0 Å². The average Bonchev–Trinajstić information content (AvgIpc) is 2.96. The Morgan fingerprint density at radius 3 is 2.32 bits per heavy atom. The molecule has 9 heteroatoms. The second kappa shape index (κ2) is 8.15. The molecule has 1 aromatic heterocycles. The lowest BCUT2D eigenvalue weighted by Gasteiger charge is -2.19. The minimum absolute atomic E-state index is 0.00754. The van der Waals surface area contributed by atoms with Gasteiger partial charge >= 0.3 is 0 Å². The average molecular weight is 463 g/mol. The maximum atomic E-state index is 12.4. The number of aromatic nitrogens is 1. The summed E-state index contributed by atoms with van der Waals surface area (Å²) < 4.78 is 34.4. The molecule has 0 aliphatic heterocycles. The number of benzene rings is 2. The lowest BCUT2D eigenvalue weighted by Crippen LogP contribution is -2.14. The minimum atomic E-state index is -3.95. The number of hydrogen-bond donors (Lipinski definition) is 1. The van der Waals surface area contributed by atoms with Gasteiger partial charge in [0.05, 0.1) is 22.9 Å². The zero-order chi connectivity index (χ0) is 20.3. The van der Waals surface area contributed by atoms with E-state index in [0.717, 1.165) is 10.0 Å². The number of hydrogen-bond acceptors (Lipinski definition) is 5. The maximum absolute atomic E-state index is 12.4. The van der Waals surface area contributed by atoms with Crippen molar-refractivity contribution in [3.05, 3.63) is 74.5 Å². The number of aryl methyl sites for hydroxylation is 1. The number of anilines is 1. The quantitative estimate of drug-likeness (QED) is 0.574. The minimum Gasteiger partial charge on any atom is -0.539 e. The van der Waals surface area contributed by atoms with Crippen LogP contribution in [0, 0.1) is 13.8 Å². The molecule has 7 nitrogen and oxygen atoms in total. The molecular formula is C19H17BrN3O4S-. The molecule has 1 heterocycles. The molecule has 0 unspecified atom stereocenters. The molecular weight excluding hydrogens is 446 g/mol. The topological polar surface area (TPSA) is 103 Å². The van der Waals surface area contributed by atoms with Crippen LogP contribution in [-0.4, -0.2) is 19.5 Å². The van der Waals surface area contributed by atoms with E-state index in [1.807, 2.05) is 24.3 Å². The summed E-state index contributed by atoms with van der Waals surface area (Å²) in [4.78, 5) is 12.1. The molecule has 2 aromatic carbocycles. The molecule has 1 amide bonds. The van der Waals surface area contributed by atoms with E-state index < -0.39 is 10.0 Å². The van der Waals surface area contributed by atoms with Gasteiger partial charge in [-0.1, -0.05) is 33.2 Å². The van der Waals surface area contributed by atoms with Crippen LogP contribution >= 0.6 is 15.9 Å². The Bertz CT molecular complexity index is 1090. The molecule has 3 rings (SSSR count). The lowest BCUT2D eigenvalue weighted by atomic mass is 10.1. The van der Waals surface area contributed by atoms with Crippen molar-refractivity contribution < 1.29 is 17.7 Å². The summed E-state index contributed by atoms with van der Waals surface area (Å²) in [7, 11) is -3.95. The summed E-state index contributed by atoms with van der Waals surface area (Å²) in [6, 6.07) is 13.2. The Kier molecular flexibility index (Phi) is 5.85. The van der Waals surface area contributed by atoms with Crippen LogP contribution in [0.4, 0.5) is 11.6 Å². The molecule has 0 aliphatic carbocycles. The number of sulfonamides is 1. The molecule has 3 aromatic rings. The number of nitrogens with zero attached hydrogens (tertiary/aromatic N) is 2. The fourth-order valence-corrected chi connectivity index (χ4v) is 3.59. The number of carbonyl (C=O) groups excluding carboxylic acids is 1. The summed E-state index contributed by atoms with van der Waals surface area (Å²) in [5.41, 5.74) is 2.52. The van der Waals surface area contributed by atoms with Gasteiger partial charge in [-0.25, -0.2) is 8.42 Å². The van der Waals surface area contributed by atoms with E-state index in [1.165, 1.54) is 24.3 Å². The third kappa shape index (κ3) is 4.79. The van der Waals surface area contributed by atoms with Crippen LogP contribution in [0.5, 0.6) is 0 Å². The molecule has 146 valence electrons. The van der Waals surface area contributed by atoms with Crippen LogP contribution in [0.25, 0.3) is 4.72 Å². The van der Waals surface area contributed by atoms with Crippen molar-refractivity contribution in [3.63, 3.8) is 0 Å². The van der Waals surface area contributed by atoms with Crippen LogP contribution in [0.3, 0.4) is 0 Å². The summed E-state index contributed by atoms with van der Waals surface area (Å²) in [5, 5.41) is 6.44. The van der Waals surface area contributed by atoms with E-state index in [1.54, 1.807) is 13.8 Å².